The summed E-state index contributed by atoms with van der Waals surface area (Å²) in [6.45, 7) is 2.46. The smallest absolute Gasteiger partial charge is 0.255 e. The number of carbonyl (C=O) groups is 3. The van der Waals surface area contributed by atoms with Crippen molar-refractivity contribution in [2.45, 2.75) is 82.2 Å². The van der Waals surface area contributed by atoms with Crippen molar-refractivity contribution < 1.29 is 23.9 Å². The average molecular weight is 456 g/mol. The standard InChI is InChI=1S/C25H33N3O5/c1-32-17-10-12-27(13-11-17)20-4-2-3-5-22(20)33-18-6-7-19-16(14-18)15-28(25(19)31)21-8-9-23(29)26-24(21)30/h6-7,14,17,20-22H,2-5,8-13,15H2,1H3,(H,26,29,30)/t20-,21?,22-/m0/s1. The number of rotatable bonds is 5. The minimum atomic E-state index is -0.593. The van der Waals surface area contributed by atoms with Crippen LogP contribution in [0.15, 0.2) is 18.2 Å². The number of carbonyl (C=O) groups excluding carboxylic acids is 3. The van der Waals surface area contributed by atoms with Crippen LogP contribution in [0.5, 0.6) is 5.75 Å². The van der Waals surface area contributed by atoms with Gasteiger partial charge in [-0.25, -0.2) is 0 Å². The first kappa shape index (κ1) is 22.3. The van der Waals surface area contributed by atoms with Crippen molar-refractivity contribution >= 4 is 17.7 Å². The van der Waals surface area contributed by atoms with Gasteiger partial charge in [-0.2, -0.15) is 0 Å². The number of hydrogen-bond acceptors (Lipinski definition) is 6. The molecule has 178 valence electrons. The molecular formula is C25H33N3O5. The van der Waals surface area contributed by atoms with Crippen LogP contribution in [0.2, 0.25) is 0 Å². The van der Waals surface area contributed by atoms with Crippen LogP contribution in [-0.4, -0.2) is 72.0 Å². The second-order valence-electron chi connectivity index (χ2n) is 9.70. The summed E-state index contributed by atoms with van der Waals surface area (Å²) < 4.78 is 12.1. The van der Waals surface area contributed by atoms with E-state index in [1.165, 1.54) is 12.8 Å². The number of ether oxygens (including phenoxy) is 2. The molecule has 4 aliphatic rings. The molecule has 1 saturated carbocycles. The third-order valence-corrected chi connectivity index (χ3v) is 7.73. The Kier molecular flexibility index (Phi) is 6.38. The van der Waals surface area contributed by atoms with Gasteiger partial charge in [0.2, 0.25) is 11.8 Å². The molecule has 5 rings (SSSR count). The maximum atomic E-state index is 12.9. The first-order valence-electron chi connectivity index (χ1n) is 12.2. The van der Waals surface area contributed by atoms with Gasteiger partial charge in [0.25, 0.3) is 5.91 Å². The lowest BCUT2D eigenvalue weighted by molar-refractivity contribution is -0.136. The molecular weight excluding hydrogens is 422 g/mol. The van der Waals surface area contributed by atoms with E-state index >= 15 is 0 Å². The van der Waals surface area contributed by atoms with Crippen molar-refractivity contribution in [2.24, 2.45) is 0 Å². The summed E-state index contributed by atoms with van der Waals surface area (Å²) in [5.74, 6) is -0.0197. The summed E-state index contributed by atoms with van der Waals surface area (Å²) in [5, 5.41) is 2.35. The van der Waals surface area contributed by atoms with Gasteiger partial charge in [0.15, 0.2) is 0 Å². The number of nitrogens with zero attached hydrogens (tertiary/aromatic N) is 2. The fourth-order valence-electron chi connectivity index (χ4n) is 5.87. The Morgan fingerprint density at radius 3 is 2.55 bits per heavy atom. The summed E-state index contributed by atoms with van der Waals surface area (Å²) in [6.07, 6.45) is 7.85. The van der Waals surface area contributed by atoms with Gasteiger partial charge in [0.1, 0.15) is 17.9 Å². The molecule has 1 aliphatic carbocycles. The van der Waals surface area contributed by atoms with E-state index in [9.17, 15) is 14.4 Å². The van der Waals surface area contributed by atoms with Gasteiger partial charge in [-0.05, 0) is 62.3 Å². The van der Waals surface area contributed by atoms with Crippen LogP contribution in [-0.2, 0) is 20.9 Å². The maximum Gasteiger partial charge on any atom is 0.255 e. The molecule has 1 aromatic rings. The second-order valence-corrected chi connectivity index (χ2v) is 9.70. The molecule has 0 bridgehead atoms. The van der Waals surface area contributed by atoms with Gasteiger partial charge in [0.05, 0.1) is 6.10 Å². The first-order chi connectivity index (χ1) is 16.0. The second kappa shape index (κ2) is 9.43. The normalized spacial score (nSPS) is 29.2. The third-order valence-electron chi connectivity index (χ3n) is 7.73. The fourth-order valence-corrected chi connectivity index (χ4v) is 5.87. The van der Waals surface area contributed by atoms with E-state index < -0.39 is 6.04 Å². The number of nitrogens with one attached hydrogen (secondary N) is 1. The minimum absolute atomic E-state index is 0.138. The zero-order chi connectivity index (χ0) is 22.9. The molecule has 3 fully saturated rings. The van der Waals surface area contributed by atoms with Crippen LogP contribution >= 0.6 is 0 Å². The summed E-state index contributed by atoms with van der Waals surface area (Å²) in [7, 11) is 1.80. The van der Waals surface area contributed by atoms with E-state index in [0.29, 0.717) is 30.7 Å². The molecule has 0 aromatic heterocycles. The van der Waals surface area contributed by atoms with E-state index in [1.807, 2.05) is 18.2 Å². The quantitative estimate of drug-likeness (QED) is 0.686. The van der Waals surface area contributed by atoms with Gasteiger partial charge in [-0.15, -0.1) is 0 Å². The molecule has 2 saturated heterocycles. The van der Waals surface area contributed by atoms with Gasteiger partial charge in [-0.3, -0.25) is 24.6 Å². The van der Waals surface area contributed by atoms with Crippen molar-refractivity contribution in [2.75, 3.05) is 20.2 Å². The van der Waals surface area contributed by atoms with Crippen LogP contribution in [0.25, 0.3) is 0 Å². The highest BCUT2D eigenvalue weighted by molar-refractivity contribution is 6.05. The summed E-state index contributed by atoms with van der Waals surface area (Å²) >= 11 is 0. The Balaban J connectivity index is 1.27. The minimum Gasteiger partial charge on any atom is -0.489 e. The Morgan fingerprint density at radius 2 is 1.79 bits per heavy atom. The van der Waals surface area contributed by atoms with Gasteiger partial charge in [0, 0.05) is 44.8 Å². The molecule has 8 heteroatoms. The number of amides is 3. The highest BCUT2D eigenvalue weighted by atomic mass is 16.5. The van der Waals surface area contributed by atoms with Crippen LogP contribution in [0.3, 0.4) is 0 Å². The summed E-state index contributed by atoms with van der Waals surface area (Å²) in [4.78, 5) is 40.8. The molecule has 1 N–H and O–H groups in total. The zero-order valence-corrected chi connectivity index (χ0v) is 19.3. The summed E-state index contributed by atoms with van der Waals surface area (Å²) in [6, 6.07) is 5.48. The Bertz CT molecular complexity index is 927. The molecule has 0 radical (unpaired) electrons. The lowest BCUT2D eigenvalue weighted by atomic mass is 9.89. The lowest BCUT2D eigenvalue weighted by Gasteiger charge is -2.42. The van der Waals surface area contributed by atoms with Crippen molar-refractivity contribution in [3.8, 4) is 5.75 Å². The molecule has 33 heavy (non-hydrogen) atoms. The SMILES string of the molecule is COC1CCN([C@H]2CCCC[C@@H]2Oc2ccc3c(c2)CN(C2CCC(=O)NC2=O)C3=O)CC1. The predicted octanol–water partition coefficient (Wildman–Crippen LogP) is 2.25. The van der Waals surface area contributed by atoms with E-state index in [1.54, 1.807) is 12.0 Å². The molecule has 0 spiro atoms. The van der Waals surface area contributed by atoms with E-state index in [2.05, 4.69) is 10.2 Å². The largest absolute Gasteiger partial charge is 0.489 e. The topological polar surface area (TPSA) is 88.2 Å². The predicted molar refractivity (Wildman–Crippen MR) is 121 cm³/mol. The Labute approximate surface area is 194 Å². The van der Waals surface area contributed by atoms with Crippen molar-refractivity contribution in [1.29, 1.82) is 0 Å². The molecule has 1 aromatic carbocycles. The highest BCUT2D eigenvalue weighted by Crippen LogP contribution is 2.33. The van der Waals surface area contributed by atoms with E-state index in [0.717, 1.165) is 50.1 Å². The van der Waals surface area contributed by atoms with Gasteiger partial charge in [-0.1, -0.05) is 6.42 Å². The number of fused-ring (bicyclic) bond motifs is 1. The lowest BCUT2D eigenvalue weighted by Crippen LogP contribution is -2.52. The molecule has 1 unspecified atom stereocenters. The number of likely N-dealkylation sites (tertiary alicyclic amines) is 1. The molecule has 8 nitrogen and oxygen atoms in total. The Hall–Kier alpha value is -2.45. The van der Waals surface area contributed by atoms with Crippen LogP contribution in [0, 0.1) is 0 Å². The number of hydrogen-bond donors (Lipinski definition) is 1. The molecule has 3 aliphatic heterocycles. The number of piperidine rings is 2. The van der Waals surface area contributed by atoms with Crippen molar-refractivity contribution in [3.05, 3.63) is 29.3 Å². The van der Waals surface area contributed by atoms with Crippen molar-refractivity contribution in [3.63, 3.8) is 0 Å². The van der Waals surface area contributed by atoms with Gasteiger partial charge >= 0.3 is 0 Å². The first-order valence-corrected chi connectivity index (χ1v) is 12.2. The number of imide groups is 1. The van der Waals surface area contributed by atoms with Crippen LogP contribution in [0.4, 0.5) is 0 Å². The van der Waals surface area contributed by atoms with E-state index in [-0.39, 0.29) is 30.2 Å². The third kappa shape index (κ3) is 4.51. The monoisotopic (exact) mass is 455 g/mol. The average Bonchev–Trinajstić information content (AvgIpc) is 3.15. The number of benzene rings is 1. The zero-order valence-electron chi connectivity index (χ0n) is 19.3. The summed E-state index contributed by atoms with van der Waals surface area (Å²) in [5.41, 5.74) is 1.50. The highest BCUT2D eigenvalue weighted by Gasteiger charge is 2.39. The van der Waals surface area contributed by atoms with Gasteiger partial charge < -0.3 is 14.4 Å². The van der Waals surface area contributed by atoms with Crippen LogP contribution in [0.1, 0.15) is 67.3 Å². The van der Waals surface area contributed by atoms with Crippen molar-refractivity contribution in [1.82, 2.24) is 15.1 Å². The molecule has 3 amide bonds. The van der Waals surface area contributed by atoms with E-state index in [4.69, 9.17) is 9.47 Å². The number of methoxy groups -OCH3 is 1. The Morgan fingerprint density at radius 1 is 1.00 bits per heavy atom. The fraction of sp³-hybridized carbons (Fsp3) is 0.640. The molecule has 3 atom stereocenters. The molecule has 3 heterocycles. The van der Waals surface area contributed by atoms with Crippen LogP contribution < -0.4 is 10.1 Å². The maximum absolute atomic E-state index is 12.9.